The minimum Gasteiger partial charge on any atom is -0.387 e. The van der Waals surface area contributed by atoms with Crippen LogP contribution in [0, 0.1) is 0 Å². The molecule has 0 unspecified atom stereocenters. The summed E-state index contributed by atoms with van der Waals surface area (Å²) in [6.45, 7) is 2.04. The average Bonchev–Trinajstić information content (AvgIpc) is 2.78. The molecule has 6 heteroatoms. The fourth-order valence-electron chi connectivity index (χ4n) is 1.38. The van der Waals surface area contributed by atoms with Gasteiger partial charge in [0.25, 0.3) is 0 Å². The maximum Gasteiger partial charge on any atom is 0.173 e. The Morgan fingerprint density at radius 2 is 2.25 bits per heavy atom. The van der Waals surface area contributed by atoms with Gasteiger partial charge < -0.3 is 5.73 Å². The molecule has 0 fully saturated rings. The second-order valence-corrected chi connectivity index (χ2v) is 3.65. The van der Waals surface area contributed by atoms with E-state index in [0.29, 0.717) is 5.82 Å². The predicted molar refractivity (Wildman–Crippen MR) is 64.4 cm³/mol. The lowest BCUT2D eigenvalue weighted by atomic mass is 10.3. The summed E-state index contributed by atoms with van der Waals surface area (Å²) in [7, 11) is 0. The van der Waals surface area contributed by atoms with Gasteiger partial charge in [-0.2, -0.15) is 0 Å². The average molecular weight is 233 g/mol. The second kappa shape index (κ2) is 4.36. The molecular formula is C10H11N5S. The lowest BCUT2D eigenvalue weighted by Crippen LogP contribution is -2.16. The standard InChI is InChI=1S/C10H11N5S/c1-2-7-5-8(14-6-13-7)15-4-3-12-10(15)9(11)16/h3-6H,2H2,1H3,(H2,11,16). The molecule has 0 saturated heterocycles. The minimum atomic E-state index is 0.252. The van der Waals surface area contributed by atoms with E-state index in [2.05, 4.69) is 15.0 Å². The van der Waals surface area contributed by atoms with Crippen molar-refractivity contribution < 1.29 is 0 Å². The molecule has 2 aromatic rings. The zero-order chi connectivity index (χ0) is 11.5. The number of hydrogen-bond acceptors (Lipinski definition) is 4. The van der Waals surface area contributed by atoms with E-state index in [1.807, 2.05) is 13.0 Å². The number of aryl methyl sites for hydroxylation is 1. The van der Waals surface area contributed by atoms with E-state index in [1.54, 1.807) is 17.0 Å². The molecule has 0 radical (unpaired) electrons. The van der Waals surface area contributed by atoms with Crippen LogP contribution in [0.1, 0.15) is 18.4 Å². The molecule has 0 spiro atoms. The van der Waals surface area contributed by atoms with Crippen molar-refractivity contribution in [3.8, 4) is 5.82 Å². The first kappa shape index (κ1) is 10.7. The van der Waals surface area contributed by atoms with Crippen molar-refractivity contribution in [1.82, 2.24) is 19.5 Å². The van der Waals surface area contributed by atoms with Gasteiger partial charge in [-0.3, -0.25) is 4.57 Å². The Hall–Kier alpha value is -1.82. The summed E-state index contributed by atoms with van der Waals surface area (Å²) in [5.74, 6) is 1.27. The summed E-state index contributed by atoms with van der Waals surface area (Å²) in [6, 6.07) is 1.89. The third-order valence-electron chi connectivity index (χ3n) is 2.18. The molecular weight excluding hydrogens is 222 g/mol. The Balaban J connectivity index is 2.50. The van der Waals surface area contributed by atoms with Crippen LogP contribution in [0.2, 0.25) is 0 Å². The van der Waals surface area contributed by atoms with Gasteiger partial charge in [-0.15, -0.1) is 0 Å². The van der Waals surface area contributed by atoms with Crippen molar-refractivity contribution >= 4 is 17.2 Å². The number of nitrogens with zero attached hydrogens (tertiary/aromatic N) is 4. The van der Waals surface area contributed by atoms with Crippen LogP contribution >= 0.6 is 12.2 Å². The third-order valence-corrected chi connectivity index (χ3v) is 2.36. The van der Waals surface area contributed by atoms with Crippen LogP contribution in [0.15, 0.2) is 24.8 Å². The van der Waals surface area contributed by atoms with Crippen molar-refractivity contribution in [2.75, 3.05) is 0 Å². The Bertz CT molecular complexity index is 519. The van der Waals surface area contributed by atoms with Gasteiger partial charge >= 0.3 is 0 Å². The first-order chi connectivity index (χ1) is 7.72. The number of aromatic nitrogens is 4. The summed E-state index contributed by atoms with van der Waals surface area (Å²) >= 11 is 4.92. The van der Waals surface area contributed by atoms with E-state index >= 15 is 0 Å². The van der Waals surface area contributed by atoms with Gasteiger partial charge in [0.1, 0.15) is 17.1 Å². The highest BCUT2D eigenvalue weighted by molar-refractivity contribution is 7.80. The molecule has 2 heterocycles. The largest absolute Gasteiger partial charge is 0.387 e. The van der Waals surface area contributed by atoms with Crippen molar-refractivity contribution in [3.63, 3.8) is 0 Å². The molecule has 16 heavy (non-hydrogen) atoms. The van der Waals surface area contributed by atoms with Crippen LogP contribution in [0.25, 0.3) is 5.82 Å². The van der Waals surface area contributed by atoms with Crippen LogP contribution in [0.3, 0.4) is 0 Å². The van der Waals surface area contributed by atoms with Crippen molar-refractivity contribution in [2.45, 2.75) is 13.3 Å². The van der Waals surface area contributed by atoms with Crippen molar-refractivity contribution in [2.24, 2.45) is 5.73 Å². The highest BCUT2D eigenvalue weighted by Gasteiger charge is 2.08. The fourth-order valence-corrected chi connectivity index (χ4v) is 1.53. The quantitative estimate of drug-likeness (QED) is 0.796. The van der Waals surface area contributed by atoms with Crippen molar-refractivity contribution in [3.05, 3.63) is 36.3 Å². The first-order valence-corrected chi connectivity index (χ1v) is 5.27. The maximum absolute atomic E-state index is 5.57. The minimum absolute atomic E-state index is 0.252. The van der Waals surface area contributed by atoms with Crippen LogP contribution in [-0.4, -0.2) is 24.5 Å². The molecule has 0 saturated carbocycles. The Labute approximate surface area is 98.4 Å². The fraction of sp³-hybridized carbons (Fsp3) is 0.200. The monoisotopic (exact) mass is 233 g/mol. The van der Waals surface area contributed by atoms with Crippen LogP contribution < -0.4 is 5.73 Å². The van der Waals surface area contributed by atoms with E-state index in [-0.39, 0.29) is 4.99 Å². The van der Waals surface area contributed by atoms with Gasteiger partial charge in [-0.1, -0.05) is 19.1 Å². The van der Waals surface area contributed by atoms with E-state index in [9.17, 15) is 0 Å². The molecule has 0 amide bonds. The van der Waals surface area contributed by atoms with Gasteiger partial charge in [-0.25, -0.2) is 15.0 Å². The molecule has 82 valence electrons. The zero-order valence-electron chi connectivity index (χ0n) is 8.79. The molecule has 0 aliphatic rings. The van der Waals surface area contributed by atoms with Crippen molar-refractivity contribution in [1.29, 1.82) is 0 Å². The van der Waals surface area contributed by atoms with Gasteiger partial charge in [0.2, 0.25) is 0 Å². The Morgan fingerprint density at radius 1 is 1.44 bits per heavy atom. The second-order valence-electron chi connectivity index (χ2n) is 3.21. The van der Waals surface area contributed by atoms with Gasteiger partial charge in [0.15, 0.2) is 5.82 Å². The zero-order valence-corrected chi connectivity index (χ0v) is 9.61. The molecule has 0 bridgehead atoms. The summed E-state index contributed by atoms with van der Waals surface area (Å²) < 4.78 is 1.75. The molecule has 0 aliphatic heterocycles. The number of thiocarbonyl (C=S) groups is 1. The van der Waals surface area contributed by atoms with Crippen LogP contribution in [-0.2, 0) is 6.42 Å². The number of nitrogens with two attached hydrogens (primary N) is 1. The molecule has 2 rings (SSSR count). The molecule has 2 aromatic heterocycles. The molecule has 0 aromatic carbocycles. The predicted octanol–water partition coefficient (Wildman–Crippen LogP) is 0.859. The van der Waals surface area contributed by atoms with Gasteiger partial charge in [0, 0.05) is 24.2 Å². The topological polar surface area (TPSA) is 69.6 Å². The highest BCUT2D eigenvalue weighted by atomic mass is 32.1. The van der Waals surface area contributed by atoms with E-state index in [1.165, 1.54) is 6.33 Å². The molecule has 5 nitrogen and oxygen atoms in total. The number of imidazole rings is 1. The lowest BCUT2D eigenvalue weighted by molar-refractivity contribution is 0.920. The Kier molecular flexibility index (Phi) is 2.91. The summed E-state index contributed by atoms with van der Waals surface area (Å²) in [6.07, 6.45) is 5.79. The Morgan fingerprint density at radius 3 is 2.94 bits per heavy atom. The van der Waals surface area contributed by atoms with Crippen LogP contribution in [0.4, 0.5) is 0 Å². The molecule has 0 aliphatic carbocycles. The number of hydrogen-bond donors (Lipinski definition) is 1. The smallest absolute Gasteiger partial charge is 0.173 e. The van der Waals surface area contributed by atoms with Crippen LogP contribution in [0.5, 0.6) is 0 Å². The van der Waals surface area contributed by atoms with E-state index in [4.69, 9.17) is 18.0 Å². The molecule has 0 atom stereocenters. The third kappa shape index (κ3) is 1.92. The lowest BCUT2D eigenvalue weighted by Gasteiger charge is -2.06. The van der Waals surface area contributed by atoms with Gasteiger partial charge in [0.05, 0.1) is 0 Å². The first-order valence-electron chi connectivity index (χ1n) is 4.86. The molecule has 2 N–H and O–H groups in total. The van der Waals surface area contributed by atoms with Gasteiger partial charge in [-0.05, 0) is 6.42 Å². The van der Waals surface area contributed by atoms with E-state index < -0.39 is 0 Å². The summed E-state index contributed by atoms with van der Waals surface area (Å²) in [5.41, 5.74) is 6.54. The SMILES string of the molecule is CCc1cc(-n2ccnc2C(N)=S)ncn1. The summed E-state index contributed by atoms with van der Waals surface area (Å²) in [5, 5.41) is 0. The maximum atomic E-state index is 5.57. The summed E-state index contributed by atoms with van der Waals surface area (Å²) in [4.78, 5) is 12.6. The normalized spacial score (nSPS) is 10.3. The van der Waals surface area contributed by atoms with E-state index in [0.717, 1.165) is 17.9 Å². The highest BCUT2D eigenvalue weighted by Crippen LogP contribution is 2.08. The number of rotatable bonds is 3.